The van der Waals surface area contributed by atoms with Crippen molar-refractivity contribution in [3.8, 4) is 5.75 Å². The fourth-order valence-electron chi connectivity index (χ4n) is 3.71. The third-order valence-corrected chi connectivity index (χ3v) is 7.00. The lowest BCUT2D eigenvalue weighted by atomic mass is 9.87. The van der Waals surface area contributed by atoms with Gasteiger partial charge in [0, 0.05) is 12.5 Å². The summed E-state index contributed by atoms with van der Waals surface area (Å²) in [7, 11) is -2.45. The van der Waals surface area contributed by atoms with Crippen molar-refractivity contribution in [3.63, 3.8) is 0 Å². The Labute approximate surface area is 164 Å². The molecule has 28 heavy (non-hydrogen) atoms. The molecule has 1 saturated heterocycles. The summed E-state index contributed by atoms with van der Waals surface area (Å²) in [6.45, 7) is 0.204. The van der Waals surface area contributed by atoms with Crippen molar-refractivity contribution < 1.29 is 23.2 Å². The fraction of sp³-hybridized carbons (Fsp3) is 0.350. The summed E-state index contributed by atoms with van der Waals surface area (Å²) in [6, 6.07) is 14.4. The predicted molar refractivity (Wildman–Crippen MR) is 104 cm³/mol. The number of benzene rings is 2. The van der Waals surface area contributed by atoms with Crippen LogP contribution < -0.4 is 10.2 Å². The number of hydroxylamine groups is 1. The number of ether oxygens (including phenoxy) is 1. The molecule has 0 unspecified atom stereocenters. The van der Waals surface area contributed by atoms with Crippen molar-refractivity contribution in [1.29, 1.82) is 0 Å². The lowest BCUT2D eigenvalue weighted by molar-refractivity contribution is -0.133. The Morgan fingerprint density at radius 3 is 2.39 bits per heavy atom. The van der Waals surface area contributed by atoms with Crippen LogP contribution in [0.4, 0.5) is 0 Å². The van der Waals surface area contributed by atoms with E-state index in [1.165, 1.54) is 23.5 Å². The Hall–Kier alpha value is -2.42. The number of carbonyl (C=O) groups is 1. The second-order valence-electron chi connectivity index (χ2n) is 6.73. The van der Waals surface area contributed by atoms with E-state index in [4.69, 9.17) is 4.74 Å². The minimum Gasteiger partial charge on any atom is -0.497 e. The van der Waals surface area contributed by atoms with E-state index < -0.39 is 22.0 Å². The SMILES string of the molecule is COc1ccc(S(=O)(=O)N2CCCC[C@@H](c3ccccc3)[C@@H]2C(=O)NO)cc1. The van der Waals surface area contributed by atoms with E-state index in [0.29, 0.717) is 18.6 Å². The Balaban J connectivity index is 2.05. The zero-order valence-electron chi connectivity index (χ0n) is 15.6. The number of sulfonamides is 1. The highest BCUT2D eigenvalue weighted by Gasteiger charge is 2.42. The molecule has 150 valence electrons. The van der Waals surface area contributed by atoms with Crippen LogP contribution in [0, 0.1) is 0 Å². The second-order valence-corrected chi connectivity index (χ2v) is 8.62. The van der Waals surface area contributed by atoms with Crippen molar-refractivity contribution in [1.82, 2.24) is 9.79 Å². The van der Waals surface area contributed by atoms with E-state index in [1.807, 2.05) is 30.3 Å². The molecule has 2 N–H and O–H groups in total. The molecule has 8 heteroatoms. The first-order valence-electron chi connectivity index (χ1n) is 9.14. The van der Waals surface area contributed by atoms with Crippen molar-refractivity contribution in [2.24, 2.45) is 0 Å². The number of carbonyl (C=O) groups excluding carboxylic acids is 1. The molecule has 1 aliphatic rings. The standard InChI is InChI=1S/C20H24N2O5S/c1-27-16-10-12-17(13-11-16)28(25,26)22-14-6-5-9-18(19(22)20(23)21-24)15-7-3-2-4-8-15/h2-4,7-8,10-13,18-19,24H,5-6,9,14H2,1H3,(H,21,23)/t18-,19+/m0/s1. The maximum atomic E-state index is 13.4. The van der Waals surface area contributed by atoms with Gasteiger partial charge in [0.2, 0.25) is 10.0 Å². The van der Waals surface area contributed by atoms with Crippen LogP contribution in [0.15, 0.2) is 59.5 Å². The summed E-state index contributed by atoms with van der Waals surface area (Å²) in [6.07, 6.45) is 2.06. The lowest BCUT2D eigenvalue weighted by Crippen LogP contribution is -2.51. The van der Waals surface area contributed by atoms with Gasteiger partial charge < -0.3 is 4.74 Å². The predicted octanol–water partition coefficient (Wildman–Crippen LogP) is 2.53. The molecule has 0 aromatic heterocycles. The largest absolute Gasteiger partial charge is 0.497 e. The molecule has 0 spiro atoms. The quantitative estimate of drug-likeness (QED) is 0.590. The van der Waals surface area contributed by atoms with E-state index >= 15 is 0 Å². The third kappa shape index (κ3) is 4.04. The number of amides is 1. The summed E-state index contributed by atoms with van der Waals surface area (Å²) in [5.74, 6) is -0.543. The molecule has 0 aliphatic carbocycles. The van der Waals surface area contributed by atoms with Gasteiger partial charge in [-0.3, -0.25) is 10.0 Å². The van der Waals surface area contributed by atoms with E-state index in [2.05, 4.69) is 0 Å². The Morgan fingerprint density at radius 2 is 1.79 bits per heavy atom. The first kappa shape index (κ1) is 20.3. The van der Waals surface area contributed by atoms with Crippen LogP contribution in [0.25, 0.3) is 0 Å². The number of methoxy groups -OCH3 is 1. The first-order valence-corrected chi connectivity index (χ1v) is 10.6. The highest BCUT2D eigenvalue weighted by atomic mass is 32.2. The molecule has 2 atom stereocenters. The van der Waals surface area contributed by atoms with Gasteiger partial charge in [-0.1, -0.05) is 36.8 Å². The minimum absolute atomic E-state index is 0.0813. The molecule has 0 bridgehead atoms. The first-order chi connectivity index (χ1) is 13.5. The summed E-state index contributed by atoms with van der Waals surface area (Å²) in [5.41, 5.74) is 2.54. The van der Waals surface area contributed by atoms with Crippen LogP contribution in [0.5, 0.6) is 5.75 Å². The summed E-state index contributed by atoms with van der Waals surface area (Å²) in [5, 5.41) is 9.33. The maximum Gasteiger partial charge on any atom is 0.262 e. The monoisotopic (exact) mass is 404 g/mol. The molecule has 3 rings (SSSR count). The Bertz CT molecular complexity index is 900. The molecule has 1 fully saturated rings. The van der Waals surface area contributed by atoms with Crippen molar-refractivity contribution in [2.45, 2.75) is 36.1 Å². The van der Waals surface area contributed by atoms with Crippen LogP contribution in [-0.4, -0.2) is 43.5 Å². The number of nitrogens with one attached hydrogen (secondary N) is 1. The van der Waals surface area contributed by atoms with Crippen LogP contribution >= 0.6 is 0 Å². The maximum absolute atomic E-state index is 13.4. The molecular formula is C20H24N2O5S. The number of rotatable bonds is 5. The fourth-order valence-corrected chi connectivity index (χ4v) is 5.37. The summed E-state index contributed by atoms with van der Waals surface area (Å²) < 4.78 is 33.0. The average molecular weight is 404 g/mol. The number of hydrogen-bond donors (Lipinski definition) is 2. The highest BCUT2D eigenvalue weighted by molar-refractivity contribution is 7.89. The van der Waals surface area contributed by atoms with Gasteiger partial charge in [-0.25, -0.2) is 13.9 Å². The molecule has 0 radical (unpaired) electrons. The van der Waals surface area contributed by atoms with E-state index in [1.54, 1.807) is 17.6 Å². The molecular weight excluding hydrogens is 380 g/mol. The van der Waals surface area contributed by atoms with Crippen LogP contribution in [-0.2, 0) is 14.8 Å². The lowest BCUT2D eigenvalue weighted by Gasteiger charge is -2.32. The zero-order chi connectivity index (χ0) is 20.1. The number of hydrogen-bond acceptors (Lipinski definition) is 5. The molecule has 2 aromatic rings. The number of nitrogens with zero attached hydrogens (tertiary/aromatic N) is 1. The summed E-state index contributed by atoms with van der Waals surface area (Å²) >= 11 is 0. The van der Waals surface area contributed by atoms with Gasteiger partial charge in [0.25, 0.3) is 5.91 Å². The van der Waals surface area contributed by atoms with E-state index in [-0.39, 0.29) is 17.4 Å². The molecule has 0 saturated carbocycles. The second kappa shape index (κ2) is 8.72. The van der Waals surface area contributed by atoms with Gasteiger partial charge in [0.15, 0.2) is 0 Å². The minimum atomic E-state index is -3.95. The van der Waals surface area contributed by atoms with Crippen LogP contribution in [0.2, 0.25) is 0 Å². The van der Waals surface area contributed by atoms with Gasteiger partial charge in [-0.05, 0) is 42.7 Å². The summed E-state index contributed by atoms with van der Waals surface area (Å²) in [4.78, 5) is 12.7. The van der Waals surface area contributed by atoms with Gasteiger partial charge in [0.05, 0.1) is 12.0 Å². The highest BCUT2D eigenvalue weighted by Crippen LogP contribution is 2.35. The third-order valence-electron chi connectivity index (χ3n) is 5.11. The topological polar surface area (TPSA) is 95.9 Å². The molecule has 1 heterocycles. The average Bonchev–Trinajstić information content (AvgIpc) is 2.97. The van der Waals surface area contributed by atoms with Crippen LogP contribution in [0.3, 0.4) is 0 Å². The Morgan fingerprint density at radius 1 is 1.11 bits per heavy atom. The molecule has 7 nitrogen and oxygen atoms in total. The Kier molecular flexibility index (Phi) is 6.33. The normalized spacial score (nSPS) is 20.9. The van der Waals surface area contributed by atoms with Crippen molar-refractivity contribution in [3.05, 3.63) is 60.2 Å². The molecule has 1 aliphatic heterocycles. The van der Waals surface area contributed by atoms with Crippen LogP contribution in [0.1, 0.15) is 30.7 Å². The molecule has 1 amide bonds. The van der Waals surface area contributed by atoms with Crippen molar-refractivity contribution >= 4 is 15.9 Å². The van der Waals surface area contributed by atoms with Gasteiger partial charge in [-0.2, -0.15) is 4.31 Å². The van der Waals surface area contributed by atoms with Gasteiger partial charge in [0.1, 0.15) is 11.8 Å². The smallest absolute Gasteiger partial charge is 0.262 e. The van der Waals surface area contributed by atoms with Crippen molar-refractivity contribution in [2.75, 3.05) is 13.7 Å². The van der Waals surface area contributed by atoms with E-state index in [0.717, 1.165) is 12.0 Å². The van der Waals surface area contributed by atoms with E-state index in [9.17, 15) is 18.4 Å². The van der Waals surface area contributed by atoms with Gasteiger partial charge >= 0.3 is 0 Å². The zero-order valence-corrected chi connectivity index (χ0v) is 16.4. The van der Waals surface area contributed by atoms with Gasteiger partial charge in [-0.15, -0.1) is 0 Å². The molecule has 2 aromatic carbocycles.